The van der Waals surface area contributed by atoms with E-state index < -0.39 is 16.0 Å². The van der Waals surface area contributed by atoms with Crippen molar-refractivity contribution in [3.63, 3.8) is 0 Å². The molecule has 0 spiro atoms. The molecule has 3 N–H and O–H groups in total. The third kappa shape index (κ3) is 4.06. The van der Waals surface area contributed by atoms with E-state index in [0.29, 0.717) is 12.2 Å². The summed E-state index contributed by atoms with van der Waals surface area (Å²) in [6, 6.07) is 8.09. The lowest BCUT2D eigenvalue weighted by atomic mass is 10.1. The highest BCUT2D eigenvalue weighted by atomic mass is 32.2. The molecule has 0 saturated carbocycles. The summed E-state index contributed by atoms with van der Waals surface area (Å²) in [5.41, 5.74) is 0.649. The van der Waals surface area contributed by atoms with Crippen LogP contribution in [0.1, 0.15) is 15.2 Å². The Morgan fingerprint density at radius 1 is 1.36 bits per heavy atom. The number of sulfonamides is 1. The SMILES string of the molecule is COC(=O)c1cc(S(N)(=O)=O)ccc1NCCc1cccs1. The average molecular weight is 340 g/mol. The maximum Gasteiger partial charge on any atom is 0.340 e. The molecular formula is C14H16N2O4S2. The van der Waals surface area contributed by atoms with Gasteiger partial charge in [0, 0.05) is 17.1 Å². The van der Waals surface area contributed by atoms with Crippen LogP contribution in [-0.2, 0) is 21.2 Å². The Bertz CT molecular complexity index is 755. The second-order valence-corrected chi connectivity index (χ2v) is 7.09. The fourth-order valence-corrected chi connectivity index (χ4v) is 3.16. The first kappa shape index (κ1) is 16.5. The molecule has 2 aromatic rings. The lowest BCUT2D eigenvalue weighted by Crippen LogP contribution is -2.15. The van der Waals surface area contributed by atoms with Crippen LogP contribution in [0.5, 0.6) is 0 Å². The van der Waals surface area contributed by atoms with E-state index in [1.807, 2.05) is 17.5 Å². The Hall–Kier alpha value is -1.90. The van der Waals surface area contributed by atoms with Gasteiger partial charge in [0.15, 0.2) is 0 Å². The minimum Gasteiger partial charge on any atom is -0.465 e. The second-order valence-electron chi connectivity index (χ2n) is 4.50. The van der Waals surface area contributed by atoms with E-state index in [0.717, 1.165) is 6.42 Å². The van der Waals surface area contributed by atoms with Crippen molar-refractivity contribution in [3.05, 3.63) is 46.2 Å². The van der Waals surface area contributed by atoms with Crippen LogP contribution < -0.4 is 10.5 Å². The number of hydrogen-bond donors (Lipinski definition) is 2. The van der Waals surface area contributed by atoms with Crippen molar-refractivity contribution in [1.29, 1.82) is 0 Å². The first-order valence-corrected chi connectivity index (χ1v) is 8.86. The molecule has 1 aromatic heterocycles. The number of rotatable bonds is 6. The summed E-state index contributed by atoms with van der Waals surface area (Å²) in [6.07, 6.45) is 0.801. The predicted octanol–water partition coefficient (Wildman–Crippen LogP) is 1.84. The van der Waals surface area contributed by atoms with Gasteiger partial charge in [0.2, 0.25) is 10.0 Å². The second kappa shape index (κ2) is 6.91. The number of carbonyl (C=O) groups excluding carboxylic acids is 1. The fourth-order valence-electron chi connectivity index (χ4n) is 1.91. The Morgan fingerprint density at radius 2 is 2.14 bits per heavy atom. The van der Waals surface area contributed by atoms with Crippen molar-refractivity contribution in [2.45, 2.75) is 11.3 Å². The van der Waals surface area contributed by atoms with Gasteiger partial charge in [-0.15, -0.1) is 11.3 Å². The van der Waals surface area contributed by atoms with E-state index in [1.165, 1.54) is 30.2 Å². The molecule has 6 nitrogen and oxygen atoms in total. The third-order valence-corrected chi connectivity index (χ3v) is 4.84. The van der Waals surface area contributed by atoms with Gasteiger partial charge >= 0.3 is 5.97 Å². The molecule has 118 valence electrons. The minimum absolute atomic E-state index is 0.128. The Balaban J connectivity index is 2.20. The molecular weight excluding hydrogens is 324 g/mol. The molecule has 0 radical (unpaired) electrons. The van der Waals surface area contributed by atoms with Gasteiger partial charge in [-0.05, 0) is 36.1 Å². The van der Waals surface area contributed by atoms with Crippen LogP contribution in [0.25, 0.3) is 0 Å². The number of ether oxygens (including phenoxy) is 1. The minimum atomic E-state index is -3.87. The number of esters is 1. The van der Waals surface area contributed by atoms with Gasteiger partial charge < -0.3 is 10.1 Å². The molecule has 0 fully saturated rings. The molecule has 0 amide bonds. The van der Waals surface area contributed by atoms with Crippen molar-refractivity contribution in [1.82, 2.24) is 0 Å². The number of primary sulfonamides is 1. The highest BCUT2D eigenvalue weighted by Gasteiger charge is 2.17. The number of anilines is 1. The highest BCUT2D eigenvalue weighted by molar-refractivity contribution is 7.89. The van der Waals surface area contributed by atoms with E-state index in [9.17, 15) is 13.2 Å². The number of carbonyl (C=O) groups is 1. The number of nitrogens with two attached hydrogens (primary N) is 1. The predicted molar refractivity (Wildman–Crippen MR) is 85.7 cm³/mol. The first-order valence-electron chi connectivity index (χ1n) is 6.43. The monoisotopic (exact) mass is 340 g/mol. The molecule has 2 rings (SSSR count). The molecule has 1 aromatic carbocycles. The zero-order valence-corrected chi connectivity index (χ0v) is 13.5. The van der Waals surface area contributed by atoms with Gasteiger partial charge in [0.05, 0.1) is 17.6 Å². The van der Waals surface area contributed by atoms with Crippen molar-refractivity contribution < 1.29 is 17.9 Å². The van der Waals surface area contributed by atoms with Crippen molar-refractivity contribution in [3.8, 4) is 0 Å². The molecule has 22 heavy (non-hydrogen) atoms. The van der Waals surface area contributed by atoms with E-state index >= 15 is 0 Å². The van der Waals surface area contributed by atoms with Crippen LogP contribution in [0, 0.1) is 0 Å². The van der Waals surface area contributed by atoms with Crippen LogP contribution in [0.3, 0.4) is 0 Å². The number of nitrogens with one attached hydrogen (secondary N) is 1. The summed E-state index contributed by atoms with van der Waals surface area (Å²) in [5, 5.41) is 10.2. The molecule has 0 saturated heterocycles. The summed E-state index contributed by atoms with van der Waals surface area (Å²) in [7, 11) is -2.64. The normalized spacial score (nSPS) is 11.2. The van der Waals surface area contributed by atoms with Crippen molar-refractivity contribution in [2.24, 2.45) is 5.14 Å². The molecule has 0 aliphatic carbocycles. The van der Waals surface area contributed by atoms with Crippen molar-refractivity contribution in [2.75, 3.05) is 19.0 Å². The van der Waals surface area contributed by atoms with Gasteiger partial charge in [0.1, 0.15) is 0 Å². The standard InChI is InChI=1S/C14H16N2O4S2/c1-20-14(17)12-9-11(22(15,18)19)4-5-13(12)16-7-6-10-3-2-8-21-10/h2-5,8-9,16H,6-7H2,1H3,(H2,15,18,19). The van der Waals surface area contributed by atoms with Gasteiger partial charge in [-0.2, -0.15) is 0 Å². The summed E-state index contributed by atoms with van der Waals surface area (Å²) < 4.78 is 27.5. The zero-order valence-electron chi connectivity index (χ0n) is 11.9. The number of thiophene rings is 1. The van der Waals surface area contributed by atoms with Gasteiger partial charge in [0.25, 0.3) is 0 Å². The van der Waals surface area contributed by atoms with Crippen molar-refractivity contribution >= 4 is 33.0 Å². The number of methoxy groups -OCH3 is 1. The van der Waals surface area contributed by atoms with Crippen LogP contribution in [0.2, 0.25) is 0 Å². The molecule has 8 heteroatoms. The molecule has 0 atom stereocenters. The first-order chi connectivity index (χ1) is 10.4. The maximum absolute atomic E-state index is 11.8. The summed E-state index contributed by atoms with van der Waals surface area (Å²) in [5.74, 6) is -0.621. The van der Waals surface area contributed by atoms with Crippen LogP contribution in [0.15, 0.2) is 40.6 Å². The zero-order chi connectivity index (χ0) is 16.2. The molecule has 0 aliphatic heterocycles. The molecule has 0 aliphatic rings. The maximum atomic E-state index is 11.8. The largest absolute Gasteiger partial charge is 0.465 e. The Labute approximate surface area is 133 Å². The van der Waals surface area contributed by atoms with Crippen LogP contribution >= 0.6 is 11.3 Å². The highest BCUT2D eigenvalue weighted by Crippen LogP contribution is 2.21. The average Bonchev–Trinajstić information content (AvgIpc) is 2.99. The van der Waals surface area contributed by atoms with E-state index in [4.69, 9.17) is 5.14 Å². The van der Waals surface area contributed by atoms with E-state index in [-0.39, 0.29) is 10.5 Å². The van der Waals surface area contributed by atoms with Gasteiger partial charge in [-0.3, -0.25) is 0 Å². The lowest BCUT2D eigenvalue weighted by molar-refractivity contribution is 0.0601. The van der Waals surface area contributed by atoms with E-state index in [2.05, 4.69) is 10.1 Å². The van der Waals surface area contributed by atoms with E-state index in [1.54, 1.807) is 11.3 Å². The fraction of sp³-hybridized carbons (Fsp3) is 0.214. The molecule has 0 unspecified atom stereocenters. The lowest BCUT2D eigenvalue weighted by Gasteiger charge is -2.11. The third-order valence-electron chi connectivity index (χ3n) is 2.99. The Kier molecular flexibility index (Phi) is 5.17. The quantitative estimate of drug-likeness (QED) is 0.782. The number of hydrogen-bond acceptors (Lipinski definition) is 6. The summed E-state index contributed by atoms with van der Waals surface area (Å²) in [4.78, 5) is 12.9. The molecule has 0 bridgehead atoms. The van der Waals surface area contributed by atoms with Gasteiger partial charge in [-0.1, -0.05) is 6.07 Å². The topological polar surface area (TPSA) is 98.5 Å². The Morgan fingerprint density at radius 3 is 2.73 bits per heavy atom. The number of benzene rings is 1. The summed E-state index contributed by atoms with van der Waals surface area (Å²) in [6.45, 7) is 0.610. The smallest absolute Gasteiger partial charge is 0.340 e. The molecule has 1 heterocycles. The summed E-state index contributed by atoms with van der Waals surface area (Å²) >= 11 is 1.65. The van der Waals surface area contributed by atoms with Crippen LogP contribution in [-0.4, -0.2) is 28.0 Å². The van der Waals surface area contributed by atoms with Gasteiger partial charge in [-0.25, -0.2) is 18.4 Å². The van der Waals surface area contributed by atoms with Crippen LogP contribution in [0.4, 0.5) is 5.69 Å².